The van der Waals surface area contributed by atoms with Gasteiger partial charge in [0.2, 0.25) is 0 Å². The normalized spacial score (nSPS) is 12.3. The highest BCUT2D eigenvalue weighted by molar-refractivity contribution is 8.66. The molecule has 0 radical (unpaired) electrons. The molecule has 0 nitrogen and oxygen atoms in total. The van der Waals surface area contributed by atoms with Crippen LogP contribution in [-0.4, -0.2) is 0 Å². The van der Waals surface area contributed by atoms with Crippen molar-refractivity contribution in [2.24, 2.45) is 0 Å². The first-order chi connectivity index (χ1) is 7.36. The Kier molecular flexibility index (Phi) is 4.01. The maximum Gasteiger partial charge on any atom is 0.0268 e. The van der Waals surface area contributed by atoms with E-state index in [2.05, 4.69) is 48.5 Å². The summed E-state index contributed by atoms with van der Waals surface area (Å²) in [6.07, 6.45) is 0. The highest BCUT2D eigenvalue weighted by Crippen LogP contribution is 2.42. The fourth-order valence-electron chi connectivity index (χ4n) is 1.23. The molecule has 0 aromatic heterocycles. The molecule has 0 aliphatic rings. The van der Waals surface area contributed by atoms with Crippen LogP contribution in [0.4, 0.5) is 0 Å². The third-order valence-corrected chi connectivity index (χ3v) is 6.89. The van der Waals surface area contributed by atoms with E-state index in [9.17, 15) is 0 Å². The van der Waals surface area contributed by atoms with E-state index in [0.717, 1.165) is 0 Å². The fraction of sp³-hybridized carbons (Fsp3) is 0. The molecule has 0 saturated heterocycles. The largest absolute Gasteiger partial charge is 0.0867 e. The van der Waals surface area contributed by atoms with E-state index in [1.807, 2.05) is 23.5 Å². The highest BCUT2D eigenvalue weighted by Gasteiger charge is 2.00. The molecular weight excluding hydrogens is 239 g/mol. The summed E-state index contributed by atoms with van der Waals surface area (Å²) in [6, 6.07) is 20.7. The van der Waals surface area contributed by atoms with E-state index in [1.54, 1.807) is 0 Å². The molecule has 2 rings (SSSR count). The highest BCUT2D eigenvalue weighted by atomic mass is 32.9. The van der Waals surface area contributed by atoms with Crippen molar-refractivity contribution in [3.05, 3.63) is 60.7 Å². The van der Waals surface area contributed by atoms with Gasteiger partial charge >= 0.3 is 0 Å². The lowest BCUT2D eigenvalue weighted by Crippen LogP contribution is -1.90. The van der Waals surface area contributed by atoms with Gasteiger partial charge < -0.3 is 0 Å². The summed E-state index contributed by atoms with van der Waals surface area (Å²) >= 11 is 7.36. The molecule has 0 bridgehead atoms. The zero-order valence-electron chi connectivity index (χ0n) is 8.09. The standard InChI is InChI=1S/C12H11PS2/c14-13(11-7-3-1-4-8-11)15-12-9-5-2-6-10-12/h1-10,13H. The Morgan fingerprint density at radius 2 is 1.33 bits per heavy atom. The maximum absolute atomic E-state index is 5.55. The molecule has 0 spiro atoms. The lowest BCUT2D eigenvalue weighted by molar-refractivity contribution is 1.48. The second kappa shape index (κ2) is 5.50. The van der Waals surface area contributed by atoms with Crippen LogP contribution in [-0.2, 0) is 11.8 Å². The van der Waals surface area contributed by atoms with Gasteiger partial charge in [0.15, 0.2) is 0 Å². The van der Waals surface area contributed by atoms with Gasteiger partial charge in [0.1, 0.15) is 0 Å². The average molecular weight is 250 g/mol. The smallest absolute Gasteiger partial charge is 0.0268 e. The molecule has 1 atom stereocenters. The van der Waals surface area contributed by atoms with Crippen LogP contribution in [0.15, 0.2) is 65.6 Å². The lowest BCUT2D eigenvalue weighted by Gasteiger charge is -2.04. The SMILES string of the molecule is S=[PH](Sc1ccccc1)c1ccccc1. The zero-order valence-corrected chi connectivity index (χ0v) is 10.7. The summed E-state index contributed by atoms with van der Waals surface area (Å²) in [5, 5.41) is 1.30. The molecule has 0 aliphatic heterocycles. The number of hydrogen-bond acceptors (Lipinski definition) is 2. The maximum atomic E-state index is 5.55. The second-order valence-corrected chi connectivity index (χ2v) is 8.73. The number of hydrogen-bond donors (Lipinski definition) is 0. The fourth-order valence-corrected chi connectivity index (χ4v) is 5.41. The summed E-state index contributed by atoms with van der Waals surface area (Å²) in [5.74, 6) is -0.920. The first kappa shape index (κ1) is 10.9. The Morgan fingerprint density at radius 1 is 0.800 bits per heavy atom. The molecule has 1 unspecified atom stereocenters. The van der Waals surface area contributed by atoms with Gasteiger partial charge in [0.05, 0.1) is 0 Å². The first-order valence-electron chi connectivity index (χ1n) is 4.68. The zero-order chi connectivity index (χ0) is 10.5. The Balaban J connectivity index is 2.12. The predicted molar refractivity (Wildman–Crippen MR) is 74.1 cm³/mol. The van der Waals surface area contributed by atoms with Gasteiger partial charge in [0, 0.05) is 10.8 Å². The number of rotatable bonds is 3. The van der Waals surface area contributed by atoms with Crippen LogP contribution >= 0.6 is 17.3 Å². The Morgan fingerprint density at radius 3 is 1.93 bits per heavy atom. The van der Waals surface area contributed by atoms with Crippen LogP contribution in [0.3, 0.4) is 0 Å². The van der Waals surface area contributed by atoms with Crippen molar-refractivity contribution in [3.63, 3.8) is 0 Å². The van der Waals surface area contributed by atoms with Crippen LogP contribution in [0.5, 0.6) is 0 Å². The van der Waals surface area contributed by atoms with Gasteiger partial charge in [0.25, 0.3) is 0 Å². The molecule has 0 aliphatic carbocycles. The van der Waals surface area contributed by atoms with Gasteiger partial charge in [-0.2, -0.15) is 0 Å². The monoisotopic (exact) mass is 250 g/mol. The van der Waals surface area contributed by atoms with E-state index in [0.29, 0.717) is 0 Å². The quantitative estimate of drug-likeness (QED) is 0.762. The molecule has 0 N–H and O–H groups in total. The minimum atomic E-state index is -0.920. The van der Waals surface area contributed by atoms with Gasteiger partial charge in [-0.1, -0.05) is 71.7 Å². The van der Waals surface area contributed by atoms with E-state index < -0.39 is 5.90 Å². The Bertz CT molecular complexity index is 440. The van der Waals surface area contributed by atoms with Crippen LogP contribution < -0.4 is 5.30 Å². The molecule has 0 saturated carbocycles. The van der Waals surface area contributed by atoms with Crippen LogP contribution in [0.1, 0.15) is 0 Å². The van der Waals surface area contributed by atoms with Gasteiger partial charge in [-0.3, -0.25) is 0 Å². The van der Waals surface area contributed by atoms with Gasteiger partial charge in [-0.15, -0.1) is 0 Å². The average Bonchev–Trinajstić information content (AvgIpc) is 2.31. The topological polar surface area (TPSA) is 0 Å². The summed E-state index contributed by atoms with van der Waals surface area (Å²) in [7, 11) is 0. The van der Waals surface area contributed by atoms with Gasteiger partial charge in [-0.25, -0.2) is 0 Å². The van der Waals surface area contributed by atoms with Crippen molar-refractivity contribution in [1.29, 1.82) is 0 Å². The molecule has 2 aromatic rings. The third kappa shape index (κ3) is 3.20. The molecular formula is C12H11PS2. The third-order valence-electron chi connectivity index (χ3n) is 1.96. The molecule has 0 heterocycles. The van der Waals surface area contributed by atoms with E-state index in [4.69, 9.17) is 11.8 Å². The molecule has 0 amide bonds. The first-order valence-corrected chi connectivity index (χ1v) is 8.86. The summed E-state index contributed by atoms with van der Waals surface area (Å²) < 4.78 is 0. The van der Waals surface area contributed by atoms with Crippen LogP contribution in [0.2, 0.25) is 0 Å². The summed E-state index contributed by atoms with van der Waals surface area (Å²) in [6.45, 7) is 0. The molecule has 15 heavy (non-hydrogen) atoms. The van der Waals surface area contributed by atoms with Crippen LogP contribution in [0, 0.1) is 0 Å². The molecule has 3 heteroatoms. The summed E-state index contributed by atoms with van der Waals surface area (Å²) in [4.78, 5) is 1.27. The van der Waals surface area contributed by atoms with Crippen molar-refractivity contribution >= 4 is 34.4 Å². The van der Waals surface area contributed by atoms with Crippen molar-refractivity contribution in [2.75, 3.05) is 0 Å². The Labute approximate surface area is 99.9 Å². The van der Waals surface area contributed by atoms with Crippen molar-refractivity contribution in [1.82, 2.24) is 0 Å². The minimum Gasteiger partial charge on any atom is -0.0867 e. The molecule has 0 fully saturated rings. The van der Waals surface area contributed by atoms with Gasteiger partial charge in [-0.05, 0) is 17.4 Å². The van der Waals surface area contributed by atoms with Crippen molar-refractivity contribution < 1.29 is 0 Å². The number of benzene rings is 2. The van der Waals surface area contributed by atoms with Crippen molar-refractivity contribution in [3.8, 4) is 0 Å². The van der Waals surface area contributed by atoms with E-state index >= 15 is 0 Å². The molecule has 76 valence electrons. The Hall–Kier alpha value is -0.560. The predicted octanol–water partition coefficient (Wildman–Crippen LogP) is 3.70. The van der Waals surface area contributed by atoms with Crippen LogP contribution in [0.25, 0.3) is 0 Å². The van der Waals surface area contributed by atoms with E-state index in [1.165, 1.54) is 10.2 Å². The summed E-state index contributed by atoms with van der Waals surface area (Å²) in [5.41, 5.74) is 0. The van der Waals surface area contributed by atoms with E-state index in [-0.39, 0.29) is 0 Å². The van der Waals surface area contributed by atoms with Crippen molar-refractivity contribution in [2.45, 2.75) is 4.90 Å². The second-order valence-electron chi connectivity index (χ2n) is 3.07. The molecule has 2 aromatic carbocycles. The minimum absolute atomic E-state index is 0.920. The lowest BCUT2D eigenvalue weighted by atomic mass is 10.4.